The minimum atomic E-state index is -1.01. The number of amides is 5. The number of rotatable bonds is 23. The van der Waals surface area contributed by atoms with E-state index < -0.39 is 29.7 Å². The van der Waals surface area contributed by atoms with Gasteiger partial charge in [0.05, 0.1) is 100 Å². The molecule has 0 radical (unpaired) electrons. The number of fused-ring (bicyclic) bond motifs is 1. The Labute approximate surface area is 409 Å². The molecule has 3 aliphatic rings. The van der Waals surface area contributed by atoms with Gasteiger partial charge in [-0.25, -0.2) is 14.6 Å². The van der Waals surface area contributed by atoms with Gasteiger partial charge in [0.15, 0.2) is 11.6 Å². The van der Waals surface area contributed by atoms with Gasteiger partial charge in [-0.1, -0.05) is 30.3 Å². The van der Waals surface area contributed by atoms with Crippen LogP contribution in [-0.4, -0.2) is 144 Å². The number of nitrogens with zero attached hydrogens (tertiary/aromatic N) is 7. The Kier molecular flexibility index (Phi) is 17.0. The Morgan fingerprint density at radius 3 is 2.25 bits per heavy atom. The zero-order valence-corrected chi connectivity index (χ0v) is 39.0. The lowest BCUT2D eigenvalue weighted by atomic mass is 9.98. The van der Waals surface area contributed by atoms with Crippen molar-refractivity contribution in [1.29, 1.82) is 5.26 Å². The van der Waals surface area contributed by atoms with E-state index in [1.54, 1.807) is 54.9 Å². The van der Waals surface area contributed by atoms with Crippen LogP contribution in [0, 0.1) is 17.2 Å². The van der Waals surface area contributed by atoms with Crippen LogP contribution in [0.5, 0.6) is 5.75 Å². The normalized spacial score (nSPS) is 16.1. The van der Waals surface area contributed by atoms with Gasteiger partial charge in [-0.2, -0.15) is 10.4 Å². The van der Waals surface area contributed by atoms with Gasteiger partial charge in [0.25, 0.3) is 17.4 Å². The van der Waals surface area contributed by atoms with Crippen LogP contribution in [0.4, 0.5) is 5.69 Å². The number of carbonyl (C=O) groups is 5. The van der Waals surface area contributed by atoms with Gasteiger partial charge < -0.3 is 29.6 Å². The van der Waals surface area contributed by atoms with E-state index in [9.17, 15) is 34.0 Å². The third-order valence-corrected chi connectivity index (χ3v) is 12.2. The maximum absolute atomic E-state index is 13.0. The maximum atomic E-state index is 13.0. The van der Waals surface area contributed by atoms with Crippen molar-refractivity contribution in [3.05, 3.63) is 124 Å². The third kappa shape index (κ3) is 13.3. The fourth-order valence-electron chi connectivity index (χ4n) is 8.42. The Bertz CT molecular complexity index is 2820. The highest BCUT2D eigenvalue weighted by Gasteiger charge is 2.44. The molecule has 0 bridgehead atoms. The second-order valence-corrected chi connectivity index (χ2v) is 17.2. The number of nitriles is 1. The summed E-state index contributed by atoms with van der Waals surface area (Å²) in [7, 11) is 0. The SMILES string of the molecule is N#Cc1cccc(-c2ccc(=O)n(Cc3cccc(-c4ncc(OCC5CCN(CC(=O)NCCOCCOCCOCCNc6ccc7c(c6)C(=O)N(C6CCC(=O)NC6=O)C7=O)CC5)cn4)c3)n2)c1. The van der Waals surface area contributed by atoms with Gasteiger partial charge in [-0.05, 0) is 86.3 Å². The van der Waals surface area contributed by atoms with E-state index in [0.29, 0.717) is 100 Å². The van der Waals surface area contributed by atoms with Crippen molar-refractivity contribution in [2.75, 3.05) is 84.3 Å². The van der Waals surface area contributed by atoms with Crippen molar-refractivity contribution in [2.24, 2.45) is 5.92 Å². The van der Waals surface area contributed by atoms with Crippen LogP contribution in [-0.2, 0) is 35.1 Å². The third-order valence-electron chi connectivity index (χ3n) is 12.2. The first-order valence-electron chi connectivity index (χ1n) is 23.6. The number of aromatic nitrogens is 4. The highest BCUT2D eigenvalue weighted by Crippen LogP contribution is 2.30. The molecule has 20 nitrogen and oxygen atoms in total. The van der Waals surface area contributed by atoms with Crippen molar-refractivity contribution >= 4 is 35.2 Å². The lowest BCUT2D eigenvalue weighted by Crippen LogP contribution is -2.54. The first kappa shape index (κ1) is 49.7. The molecule has 0 spiro atoms. The fraction of sp³-hybridized carbons (Fsp3) is 0.373. The van der Waals surface area contributed by atoms with E-state index in [4.69, 9.17) is 18.9 Å². The van der Waals surface area contributed by atoms with E-state index in [-0.39, 0.29) is 42.0 Å². The predicted octanol–water partition coefficient (Wildman–Crippen LogP) is 3.06. The maximum Gasteiger partial charge on any atom is 0.267 e. The number of imide groups is 2. The Hall–Kier alpha value is -7.70. The van der Waals surface area contributed by atoms with Crippen LogP contribution in [0.15, 0.2) is 96.1 Å². The fourth-order valence-corrected chi connectivity index (χ4v) is 8.42. The molecule has 1 unspecified atom stereocenters. The minimum absolute atomic E-state index is 0.0519. The summed E-state index contributed by atoms with van der Waals surface area (Å²) in [5.74, 6) is -0.796. The van der Waals surface area contributed by atoms with Gasteiger partial charge >= 0.3 is 0 Å². The van der Waals surface area contributed by atoms with Crippen molar-refractivity contribution in [3.8, 4) is 34.5 Å². The van der Waals surface area contributed by atoms with Crippen LogP contribution in [0.1, 0.15) is 57.5 Å². The molecule has 5 amide bonds. The lowest BCUT2D eigenvalue weighted by molar-refractivity contribution is -0.136. The molecule has 2 saturated heterocycles. The summed E-state index contributed by atoms with van der Waals surface area (Å²) in [6.45, 7) is 5.74. The number of benzene rings is 3. The van der Waals surface area contributed by atoms with Gasteiger partial charge in [-0.3, -0.25) is 43.9 Å². The average molecular weight is 967 g/mol. The highest BCUT2D eigenvalue weighted by atomic mass is 16.5. The molecule has 2 fully saturated rings. The average Bonchev–Trinajstić information content (AvgIpc) is 3.63. The molecule has 3 aliphatic heterocycles. The molecule has 5 heterocycles. The first-order valence-corrected chi connectivity index (χ1v) is 23.6. The van der Waals surface area contributed by atoms with Crippen LogP contribution in [0.3, 0.4) is 0 Å². The second-order valence-electron chi connectivity index (χ2n) is 17.2. The van der Waals surface area contributed by atoms with Gasteiger partial charge in [0, 0.05) is 42.4 Å². The Morgan fingerprint density at radius 1 is 0.775 bits per heavy atom. The molecule has 1 atom stereocenters. The molecule has 71 heavy (non-hydrogen) atoms. The number of hydrogen-bond acceptors (Lipinski definition) is 16. The van der Waals surface area contributed by atoms with Crippen LogP contribution >= 0.6 is 0 Å². The highest BCUT2D eigenvalue weighted by molar-refractivity contribution is 6.23. The van der Waals surface area contributed by atoms with Gasteiger partial charge in [0.2, 0.25) is 17.7 Å². The summed E-state index contributed by atoms with van der Waals surface area (Å²) in [6.07, 6.45) is 5.28. The van der Waals surface area contributed by atoms with Crippen LogP contribution < -0.4 is 26.2 Å². The molecule has 5 aromatic rings. The Balaban J connectivity index is 0.635. The van der Waals surface area contributed by atoms with E-state index in [1.165, 1.54) is 10.7 Å². The summed E-state index contributed by atoms with van der Waals surface area (Å²) in [6, 6.07) is 23.8. The summed E-state index contributed by atoms with van der Waals surface area (Å²) in [5, 5.41) is 22.1. The molecule has 0 aliphatic carbocycles. The molecule has 8 rings (SSSR count). The molecular formula is C51H54N10O10. The van der Waals surface area contributed by atoms with Gasteiger partial charge in [0.1, 0.15) is 6.04 Å². The number of nitrogens with one attached hydrogen (secondary N) is 3. The minimum Gasteiger partial charge on any atom is -0.490 e. The second kappa shape index (κ2) is 24.2. The van der Waals surface area contributed by atoms with E-state index in [2.05, 4.69) is 42.0 Å². The zero-order chi connectivity index (χ0) is 49.5. The van der Waals surface area contributed by atoms with Crippen molar-refractivity contribution in [2.45, 2.75) is 38.3 Å². The van der Waals surface area contributed by atoms with Crippen LogP contribution in [0.25, 0.3) is 22.6 Å². The number of likely N-dealkylation sites (tertiary alicyclic amines) is 1. The summed E-state index contributed by atoms with van der Waals surface area (Å²) < 4.78 is 24.2. The molecule has 2 aromatic heterocycles. The topological polar surface area (TPSA) is 249 Å². The first-order chi connectivity index (χ1) is 34.6. The zero-order valence-electron chi connectivity index (χ0n) is 39.0. The van der Waals surface area contributed by atoms with Crippen molar-refractivity contribution in [3.63, 3.8) is 0 Å². The van der Waals surface area contributed by atoms with Crippen molar-refractivity contribution < 1.29 is 42.9 Å². The molecule has 20 heteroatoms. The predicted molar refractivity (Wildman–Crippen MR) is 257 cm³/mol. The number of carbonyl (C=O) groups excluding carboxylic acids is 5. The lowest BCUT2D eigenvalue weighted by Gasteiger charge is -2.31. The van der Waals surface area contributed by atoms with E-state index in [1.807, 2.05) is 30.3 Å². The summed E-state index contributed by atoms with van der Waals surface area (Å²) in [5.41, 5.74) is 4.32. The van der Waals surface area contributed by atoms with Gasteiger partial charge in [-0.15, -0.1) is 0 Å². The summed E-state index contributed by atoms with van der Waals surface area (Å²) >= 11 is 0. The molecule has 3 N–H and O–H groups in total. The number of hydrogen-bond donors (Lipinski definition) is 3. The largest absolute Gasteiger partial charge is 0.490 e. The molecule has 368 valence electrons. The van der Waals surface area contributed by atoms with E-state index in [0.717, 1.165) is 47.5 Å². The quantitative estimate of drug-likeness (QED) is 0.0629. The summed E-state index contributed by atoms with van der Waals surface area (Å²) in [4.78, 5) is 87.2. The van der Waals surface area contributed by atoms with E-state index >= 15 is 0 Å². The van der Waals surface area contributed by atoms with Crippen molar-refractivity contribution in [1.82, 2.24) is 40.2 Å². The standard InChI is InChI=1S/C51H54N10O10/c52-28-35-3-1-5-37(25-35)43-9-12-47(64)60(58-43)31-36-4-2-6-38(26-36)48-55-29-40(30-56-48)71-33-34-13-17-59(18-14-34)32-46(63)54-16-20-69-22-24-70-23-21-68-19-15-53-39-7-8-41-42(27-39)51(67)61(50(41)66)44-10-11-45(62)57-49(44)65/h1-9,12,25-27,29-30,34,44,53H,10-11,13-24,31-33H2,(H,54,63)(H,57,62,65). The number of anilines is 1. The Morgan fingerprint density at radius 2 is 1.49 bits per heavy atom. The smallest absolute Gasteiger partial charge is 0.267 e. The molecule has 3 aromatic carbocycles. The number of piperidine rings is 2. The monoisotopic (exact) mass is 966 g/mol. The number of ether oxygens (including phenoxy) is 4. The molecular weight excluding hydrogens is 913 g/mol. The molecule has 0 saturated carbocycles. The van der Waals surface area contributed by atoms with Crippen LogP contribution in [0.2, 0.25) is 0 Å².